The van der Waals surface area contributed by atoms with Crippen LogP contribution < -0.4 is 0 Å². The average Bonchev–Trinajstić information content (AvgIpc) is 2.73. The maximum Gasteiger partial charge on any atom is 0.307 e. The van der Waals surface area contributed by atoms with Gasteiger partial charge in [0.25, 0.3) is 0 Å². The number of rotatable bonds is 2. The predicted octanol–water partition coefficient (Wildman–Crippen LogP) is 3.58. The third kappa shape index (κ3) is 1.67. The molecule has 0 saturated heterocycles. The summed E-state index contributed by atoms with van der Waals surface area (Å²) in [5, 5.41) is 9.17. The second-order valence-corrected chi connectivity index (χ2v) is 6.03. The topological polar surface area (TPSA) is 37.3 Å². The molecule has 2 rings (SSSR count). The van der Waals surface area contributed by atoms with Gasteiger partial charge in [-0.15, -0.1) is 0 Å². The summed E-state index contributed by atoms with van der Waals surface area (Å²) < 4.78 is 1.01. The predicted molar refractivity (Wildman–Crippen MR) is 66.5 cm³/mol. The Bertz CT molecular complexity index is 451. The van der Waals surface area contributed by atoms with Crippen LogP contribution in [-0.2, 0) is 4.79 Å². The van der Waals surface area contributed by atoms with Crippen molar-refractivity contribution in [2.45, 2.75) is 26.7 Å². The molecule has 0 aromatic heterocycles. The second-order valence-electron chi connectivity index (χ2n) is 5.12. The summed E-state index contributed by atoms with van der Waals surface area (Å²) in [6.45, 7) is 6.09. The first-order chi connectivity index (χ1) is 7.35. The number of benzene rings is 1. The Hall–Kier alpha value is -0.830. The molecule has 0 amide bonds. The highest BCUT2D eigenvalue weighted by Gasteiger charge is 2.62. The zero-order chi connectivity index (χ0) is 12.1. The SMILES string of the molecule is Cc1ccc(Br)cc1C1C(C(=O)O)C1(C)C. The number of aliphatic carboxylic acids is 1. The summed E-state index contributed by atoms with van der Waals surface area (Å²) in [5.41, 5.74) is 2.20. The van der Waals surface area contributed by atoms with E-state index in [2.05, 4.69) is 15.9 Å². The molecule has 2 unspecified atom stereocenters. The highest BCUT2D eigenvalue weighted by Crippen LogP contribution is 2.65. The van der Waals surface area contributed by atoms with Gasteiger partial charge in [0.2, 0.25) is 0 Å². The van der Waals surface area contributed by atoms with Crippen molar-refractivity contribution in [1.82, 2.24) is 0 Å². The number of carboxylic acids is 1. The Balaban J connectivity index is 2.40. The van der Waals surface area contributed by atoms with Gasteiger partial charge in [-0.1, -0.05) is 35.8 Å². The van der Waals surface area contributed by atoms with E-state index in [1.54, 1.807) is 0 Å². The van der Waals surface area contributed by atoms with E-state index in [9.17, 15) is 4.79 Å². The van der Waals surface area contributed by atoms with Crippen LogP contribution in [0.25, 0.3) is 0 Å². The fraction of sp³-hybridized carbons (Fsp3) is 0.462. The van der Waals surface area contributed by atoms with Crippen molar-refractivity contribution in [3.05, 3.63) is 33.8 Å². The maximum absolute atomic E-state index is 11.1. The molecule has 1 aliphatic carbocycles. The molecule has 86 valence electrons. The smallest absolute Gasteiger partial charge is 0.307 e. The van der Waals surface area contributed by atoms with Crippen molar-refractivity contribution in [3.63, 3.8) is 0 Å². The van der Waals surface area contributed by atoms with Gasteiger partial charge in [0.15, 0.2) is 0 Å². The lowest BCUT2D eigenvalue weighted by Gasteiger charge is -2.07. The van der Waals surface area contributed by atoms with Gasteiger partial charge in [-0.25, -0.2) is 0 Å². The minimum atomic E-state index is -0.686. The van der Waals surface area contributed by atoms with Gasteiger partial charge in [-0.3, -0.25) is 4.79 Å². The normalized spacial score (nSPS) is 26.5. The fourth-order valence-corrected chi connectivity index (χ4v) is 3.00. The van der Waals surface area contributed by atoms with Gasteiger partial charge in [0, 0.05) is 10.4 Å². The van der Waals surface area contributed by atoms with Gasteiger partial charge in [-0.05, 0) is 35.6 Å². The molecule has 1 saturated carbocycles. The standard InChI is InChI=1S/C13H15BrO2/c1-7-4-5-8(14)6-9(7)10-11(12(15)16)13(10,2)3/h4-6,10-11H,1-3H3,(H,15,16). The van der Waals surface area contributed by atoms with E-state index in [1.165, 1.54) is 5.56 Å². The van der Waals surface area contributed by atoms with Gasteiger partial charge >= 0.3 is 5.97 Å². The van der Waals surface area contributed by atoms with Crippen molar-refractivity contribution in [1.29, 1.82) is 0 Å². The van der Waals surface area contributed by atoms with Crippen LogP contribution in [0, 0.1) is 18.3 Å². The maximum atomic E-state index is 11.1. The largest absolute Gasteiger partial charge is 0.481 e. The summed E-state index contributed by atoms with van der Waals surface area (Å²) in [4.78, 5) is 11.1. The zero-order valence-electron chi connectivity index (χ0n) is 9.62. The van der Waals surface area contributed by atoms with E-state index in [1.807, 2.05) is 39.0 Å². The Morgan fingerprint density at radius 1 is 1.44 bits per heavy atom. The monoisotopic (exact) mass is 282 g/mol. The third-order valence-electron chi connectivity index (χ3n) is 3.67. The molecule has 1 aliphatic rings. The minimum Gasteiger partial charge on any atom is -0.481 e. The summed E-state index contributed by atoms with van der Waals surface area (Å²) in [6, 6.07) is 6.07. The molecule has 0 radical (unpaired) electrons. The molecule has 1 fully saturated rings. The molecule has 0 spiro atoms. The lowest BCUT2D eigenvalue weighted by Crippen LogP contribution is -2.03. The van der Waals surface area contributed by atoms with Crippen molar-refractivity contribution in [2.24, 2.45) is 11.3 Å². The molecule has 16 heavy (non-hydrogen) atoms. The van der Waals surface area contributed by atoms with Crippen molar-refractivity contribution >= 4 is 21.9 Å². The first kappa shape index (κ1) is 11.6. The molecule has 1 aromatic carbocycles. The number of aryl methyl sites for hydroxylation is 1. The third-order valence-corrected chi connectivity index (χ3v) is 4.16. The van der Waals surface area contributed by atoms with Crippen LogP contribution in [0.4, 0.5) is 0 Å². The molecule has 3 heteroatoms. The van der Waals surface area contributed by atoms with E-state index >= 15 is 0 Å². The van der Waals surface area contributed by atoms with Gasteiger partial charge in [-0.2, -0.15) is 0 Å². The molecule has 0 aliphatic heterocycles. The van der Waals surface area contributed by atoms with Crippen LogP contribution in [0.3, 0.4) is 0 Å². The summed E-state index contributed by atoms with van der Waals surface area (Å²) in [5.74, 6) is -0.794. The van der Waals surface area contributed by atoms with E-state index < -0.39 is 5.97 Å². The van der Waals surface area contributed by atoms with Gasteiger partial charge in [0.05, 0.1) is 5.92 Å². The Kier molecular flexibility index (Phi) is 2.61. The quantitative estimate of drug-likeness (QED) is 0.900. The van der Waals surface area contributed by atoms with E-state index in [-0.39, 0.29) is 17.3 Å². The Morgan fingerprint density at radius 2 is 2.06 bits per heavy atom. The summed E-state index contributed by atoms with van der Waals surface area (Å²) in [6.07, 6.45) is 0. The summed E-state index contributed by atoms with van der Waals surface area (Å²) in [7, 11) is 0. The van der Waals surface area contributed by atoms with Crippen LogP contribution in [-0.4, -0.2) is 11.1 Å². The Morgan fingerprint density at radius 3 is 2.56 bits per heavy atom. The number of carboxylic acid groups (broad SMARTS) is 1. The highest BCUT2D eigenvalue weighted by molar-refractivity contribution is 9.10. The number of hydrogen-bond donors (Lipinski definition) is 1. The van der Waals surface area contributed by atoms with Crippen LogP contribution in [0.1, 0.15) is 30.9 Å². The van der Waals surface area contributed by atoms with Gasteiger partial charge < -0.3 is 5.11 Å². The van der Waals surface area contributed by atoms with E-state index in [0.717, 1.165) is 10.0 Å². The second kappa shape index (κ2) is 3.59. The molecule has 2 atom stereocenters. The highest BCUT2D eigenvalue weighted by atomic mass is 79.9. The van der Waals surface area contributed by atoms with Crippen LogP contribution in [0.15, 0.2) is 22.7 Å². The minimum absolute atomic E-state index is 0.128. The van der Waals surface area contributed by atoms with Crippen molar-refractivity contribution < 1.29 is 9.90 Å². The first-order valence-electron chi connectivity index (χ1n) is 5.34. The number of halogens is 1. The van der Waals surface area contributed by atoms with Crippen molar-refractivity contribution in [2.75, 3.05) is 0 Å². The summed E-state index contributed by atoms with van der Waals surface area (Å²) >= 11 is 3.44. The Labute approximate surface area is 104 Å². The average molecular weight is 283 g/mol. The lowest BCUT2D eigenvalue weighted by molar-refractivity contribution is -0.139. The molecule has 0 bridgehead atoms. The van der Waals surface area contributed by atoms with Crippen LogP contribution in [0.2, 0.25) is 0 Å². The van der Waals surface area contributed by atoms with Crippen LogP contribution in [0.5, 0.6) is 0 Å². The lowest BCUT2D eigenvalue weighted by atomic mass is 9.99. The van der Waals surface area contributed by atoms with E-state index in [4.69, 9.17) is 5.11 Å². The van der Waals surface area contributed by atoms with Gasteiger partial charge in [0.1, 0.15) is 0 Å². The van der Waals surface area contributed by atoms with Crippen LogP contribution >= 0.6 is 15.9 Å². The van der Waals surface area contributed by atoms with E-state index in [0.29, 0.717) is 0 Å². The number of carbonyl (C=O) groups is 1. The number of hydrogen-bond acceptors (Lipinski definition) is 1. The fourth-order valence-electron chi connectivity index (χ4n) is 2.63. The molecule has 1 N–H and O–H groups in total. The van der Waals surface area contributed by atoms with Crippen molar-refractivity contribution in [3.8, 4) is 0 Å². The molecule has 1 aromatic rings. The molecular formula is C13H15BrO2. The molecule has 0 heterocycles. The molecule has 2 nitrogen and oxygen atoms in total. The zero-order valence-corrected chi connectivity index (χ0v) is 11.2. The first-order valence-corrected chi connectivity index (χ1v) is 6.14. The molecular weight excluding hydrogens is 268 g/mol.